The standard InChI is InChI=1S/C11H13ClF3NO/c12-9-2-1-8(10(13)5-9)6-16(3-4-17)7-11(14)15/h1-2,5,11,17H,3-4,6-7H2. The van der Waals surface area contributed by atoms with Crippen LogP contribution in [0.1, 0.15) is 5.56 Å². The highest BCUT2D eigenvalue weighted by molar-refractivity contribution is 6.30. The summed E-state index contributed by atoms with van der Waals surface area (Å²) in [6.45, 7) is -0.648. The molecule has 1 N–H and O–H groups in total. The van der Waals surface area contributed by atoms with Crippen molar-refractivity contribution >= 4 is 11.6 Å². The maximum absolute atomic E-state index is 13.4. The molecule has 0 aromatic heterocycles. The molecule has 0 saturated carbocycles. The number of halogens is 4. The van der Waals surface area contributed by atoms with Gasteiger partial charge in [0, 0.05) is 23.7 Å². The van der Waals surface area contributed by atoms with Gasteiger partial charge in [-0.05, 0) is 12.1 Å². The molecule has 0 aliphatic heterocycles. The predicted molar refractivity (Wildman–Crippen MR) is 59.8 cm³/mol. The third-order valence-corrected chi connectivity index (χ3v) is 2.46. The molecule has 0 atom stereocenters. The lowest BCUT2D eigenvalue weighted by atomic mass is 10.2. The van der Waals surface area contributed by atoms with Crippen LogP contribution in [0.5, 0.6) is 0 Å². The Balaban J connectivity index is 2.71. The van der Waals surface area contributed by atoms with Gasteiger partial charge in [-0.25, -0.2) is 13.2 Å². The van der Waals surface area contributed by atoms with E-state index in [1.165, 1.54) is 17.0 Å². The highest BCUT2D eigenvalue weighted by Gasteiger charge is 2.14. The lowest BCUT2D eigenvalue weighted by molar-refractivity contribution is 0.0741. The molecular weight excluding hydrogens is 255 g/mol. The molecule has 1 aromatic rings. The van der Waals surface area contributed by atoms with Crippen LogP contribution < -0.4 is 0 Å². The summed E-state index contributed by atoms with van der Waals surface area (Å²) in [6.07, 6.45) is -2.52. The number of rotatable bonds is 6. The van der Waals surface area contributed by atoms with E-state index >= 15 is 0 Å². The molecule has 0 unspecified atom stereocenters. The second-order valence-corrected chi connectivity index (χ2v) is 4.02. The van der Waals surface area contributed by atoms with Crippen LogP contribution >= 0.6 is 11.6 Å². The van der Waals surface area contributed by atoms with Crippen LogP contribution in [0, 0.1) is 5.82 Å². The fourth-order valence-corrected chi connectivity index (χ4v) is 1.62. The average Bonchev–Trinajstić information content (AvgIpc) is 2.21. The first kappa shape index (κ1) is 14.3. The van der Waals surface area contributed by atoms with Crippen molar-refractivity contribution < 1.29 is 18.3 Å². The minimum atomic E-state index is -2.52. The van der Waals surface area contributed by atoms with E-state index in [2.05, 4.69) is 0 Å². The van der Waals surface area contributed by atoms with Crippen molar-refractivity contribution in [1.82, 2.24) is 4.90 Å². The van der Waals surface area contributed by atoms with E-state index in [0.717, 1.165) is 6.07 Å². The Bertz CT molecular complexity index is 363. The Morgan fingerprint density at radius 3 is 2.59 bits per heavy atom. The van der Waals surface area contributed by atoms with Crippen molar-refractivity contribution in [3.8, 4) is 0 Å². The second kappa shape index (κ2) is 6.83. The van der Waals surface area contributed by atoms with Gasteiger partial charge in [0.15, 0.2) is 0 Å². The van der Waals surface area contributed by atoms with Gasteiger partial charge in [-0.3, -0.25) is 4.90 Å². The van der Waals surface area contributed by atoms with Crippen LogP contribution in [0.15, 0.2) is 18.2 Å². The van der Waals surface area contributed by atoms with E-state index < -0.39 is 18.8 Å². The molecule has 0 aliphatic carbocycles. The SMILES string of the molecule is OCCN(Cc1ccc(Cl)cc1F)CC(F)F. The molecule has 6 heteroatoms. The number of aliphatic hydroxyl groups excluding tert-OH is 1. The maximum Gasteiger partial charge on any atom is 0.251 e. The zero-order chi connectivity index (χ0) is 12.8. The normalized spacial score (nSPS) is 11.5. The number of hydrogen-bond donors (Lipinski definition) is 1. The number of benzene rings is 1. The first-order chi connectivity index (χ1) is 8.02. The first-order valence-corrected chi connectivity index (χ1v) is 5.46. The summed E-state index contributed by atoms with van der Waals surface area (Å²) in [5, 5.41) is 9.00. The summed E-state index contributed by atoms with van der Waals surface area (Å²) < 4.78 is 37.9. The van der Waals surface area contributed by atoms with Gasteiger partial charge in [0.25, 0.3) is 6.43 Å². The molecule has 1 aromatic carbocycles. The van der Waals surface area contributed by atoms with Crippen molar-refractivity contribution in [1.29, 1.82) is 0 Å². The Hall–Kier alpha value is -0.780. The van der Waals surface area contributed by atoms with Gasteiger partial charge in [0.05, 0.1) is 13.2 Å². The van der Waals surface area contributed by atoms with E-state index in [1.807, 2.05) is 0 Å². The van der Waals surface area contributed by atoms with E-state index in [0.29, 0.717) is 0 Å². The van der Waals surface area contributed by atoms with Gasteiger partial charge < -0.3 is 5.11 Å². The van der Waals surface area contributed by atoms with Gasteiger partial charge in [-0.15, -0.1) is 0 Å². The molecule has 0 spiro atoms. The summed E-state index contributed by atoms with van der Waals surface area (Å²) >= 11 is 5.59. The number of alkyl halides is 2. The summed E-state index contributed by atoms with van der Waals surface area (Å²) in [6, 6.07) is 4.09. The highest BCUT2D eigenvalue weighted by atomic mass is 35.5. The second-order valence-electron chi connectivity index (χ2n) is 3.59. The zero-order valence-electron chi connectivity index (χ0n) is 9.04. The van der Waals surface area contributed by atoms with Crippen LogP contribution in [0.25, 0.3) is 0 Å². The quantitative estimate of drug-likeness (QED) is 0.856. The molecule has 0 radical (unpaired) electrons. The van der Waals surface area contributed by atoms with Gasteiger partial charge >= 0.3 is 0 Å². The van der Waals surface area contributed by atoms with E-state index in [-0.39, 0.29) is 30.3 Å². The Morgan fingerprint density at radius 2 is 2.06 bits per heavy atom. The Labute approximate surface area is 103 Å². The van der Waals surface area contributed by atoms with Crippen molar-refractivity contribution in [2.24, 2.45) is 0 Å². The minimum Gasteiger partial charge on any atom is -0.395 e. The number of nitrogens with zero attached hydrogens (tertiary/aromatic N) is 1. The van der Waals surface area contributed by atoms with E-state index in [1.54, 1.807) is 0 Å². The van der Waals surface area contributed by atoms with Crippen molar-refractivity contribution in [3.63, 3.8) is 0 Å². The molecule has 0 aliphatic rings. The van der Waals surface area contributed by atoms with Crippen molar-refractivity contribution in [2.75, 3.05) is 19.7 Å². The minimum absolute atomic E-state index is 0.0217. The third-order valence-electron chi connectivity index (χ3n) is 2.22. The van der Waals surface area contributed by atoms with Gasteiger partial charge in [0.2, 0.25) is 0 Å². The topological polar surface area (TPSA) is 23.5 Å². The first-order valence-electron chi connectivity index (χ1n) is 5.08. The average molecular weight is 268 g/mol. The van der Waals surface area contributed by atoms with Gasteiger partial charge in [-0.1, -0.05) is 17.7 Å². The van der Waals surface area contributed by atoms with E-state index in [4.69, 9.17) is 16.7 Å². The summed E-state index contributed by atoms with van der Waals surface area (Å²) in [5.41, 5.74) is 0.281. The summed E-state index contributed by atoms with van der Waals surface area (Å²) in [4.78, 5) is 1.29. The maximum atomic E-state index is 13.4. The molecule has 96 valence electrons. The molecule has 1 rings (SSSR count). The summed E-state index contributed by atoms with van der Waals surface area (Å²) in [5.74, 6) is -0.533. The van der Waals surface area contributed by atoms with Crippen molar-refractivity contribution in [3.05, 3.63) is 34.6 Å². The van der Waals surface area contributed by atoms with E-state index in [9.17, 15) is 13.2 Å². The van der Waals surface area contributed by atoms with Gasteiger partial charge in [-0.2, -0.15) is 0 Å². The fraction of sp³-hybridized carbons (Fsp3) is 0.455. The number of aliphatic hydroxyl groups is 1. The van der Waals surface area contributed by atoms with Crippen LogP contribution in [0.2, 0.25) is 5.02 Å². The fourth-order valence-electron chi connectivity index (χ4n) is 1.46. The van der Waals surface area contributed by atoms with Crippen LogP contribution in [-0.2, 0) is 6.54 Å². The predicted octanol–water partition coefficient (Wildman–Crippen LogP) is 2.54. The van der Waals surface area contributed by atoms with Crippen LogP contribution in [0.4, 0.5) is 13.2 Å². The lowest BCUT2D eigenvalue weighted by Gasteiger charge is -2.21. The highest BCUT2D eigenvalue weighted by Crippen LogP contribution is 2.16. The number of hydrogen-bond acceptors (Lipinski definition) is 2. The monoisotopic (exact) mass is 267 g/mol. The molecule has 0 heterocycles. The Morgan fingerprint density at radius 1 is 1.35 bits per heavy atom. The molecule has 0 bridgehead atoms. The molecule has 17 heavy (non-hydrogen) atoms. The summed E-state index contributed by atoms with van der Waals surface area (Å²) in [7, 11) is 0. The molecular formula is C11H13ClF3NO. The van der Waals surface area contributed by atoms with Crippen LogP contribution in [0.3, 0.4) is 0 Å². The van der Waals surface area contributed by atoms with Crippen molar-refractivity contribution in [2.45, 2.75) is 13.0 Å². The zero-order valence-corrected chi connectivity index (χ0v) is 9.80. The lowest BCUT2D eigenvalue weighted by Crippen LogP contribution is -2.31. The molecule has 2 nitrogen and oxygen atoms in total. The Kier molecular flexibility index (Phi) is 5.74. The molecule has 0 amide bonds. The smallest absolute Gasteiger partial charge is 0.251 e. The van der Waals surface area contributed by atoms with Gasteiger partial charge in [0.1, 0.15) is 5.82 Å². The van der Waals surface area contributed by atoms with Crippen LogP contribution in [-0.4, -0.2) is 36.1 Å². The third kappa shape index (κ3) is 4.93. The molecule has 0 saturated heterocycles. The largest absolute Gasteiger partial charge is 0.395 e. The molecule has 0 fully saturated rings.